The third-order valence-corrected chi connectivity index (χ3v) is 4.31. The van der Waals surface area contributed by atoms with Gasteiger partial charge in [-0.25, -0.2) is 0 Å². The Morgan fingerprint density at radius 2 is 2.00 bits per heavy atom. The molecule has 0 unspecified atom stereocenters. The fraction of sp³-hybridized carbons (Fsp3) is 1.00. The van der Waals surface area contributed by atoms with Gasteiger partial charge in [-0.2, -0.15) is 11.8 Å². The average molecular weight is 201 g/mol. The number of hydrogen-bond donors (Lipinski definition) is 1. The van der Waals surface area contributed by atoms with Crippen LogP contribution >= 0.6 is 11.8 Å². The van der Waals surface area contributed by atoms with Crippen LogP contribution in [0.3, 0.4) is 0 Å². The van der Waals surface area contributed by atoms with E-state index in [1.54, 1.807) is 0 Å². The topological polar surface area (TPSA) is 12.0 Å². The van der Waals surface area contributed by atoms with Gasteiger partial charge in [0.1, 0.15) is 0 Å². The van der Waals surface area contributed by atoms with Crippen molar-refractivity contribution < 1.29 is 0 Å². The largest absolute Gasteiger partial charge is 0.315 e. The summed E-state index contributed by atoms with van der Waals surface area (Å²) in [6.45, 7) is 4.73. The molecule has 0 saturated heterocycles. The Labute approximate surface area is 87.1 Å². The molecular weight excluding hydrogens is 178 g/mol. The Morgan fingerprint density at radius 3 is 2.54 bits per heavy atom. The van der Waals surface area contributed by atoms with Gasteiger partial charge in [0.15, 0.2) is 0 Å². The van der Waals surface area contributed by atoms with E-state index in [9.17, 15) is 0 Å². The van der Waals surface area contributed by atoms with Crippen LogP contribution in [0.4, 0.5) is 0 Å². The molecule has 13 heavy (non-hydrogen) atoms. The Kier molecular flexibility index (Phi) is 5.18. The summed E-state index contributed by atoms with van der Waals surface area (Å²) in [5.74, 6) is 0. The summed E-state index contributed by atoms with van der Waals surface area (Å²) < 4.78 is 0.644. The van der Waals surface area contributed by atoms with Crippen molar-refractivity contribution in [1.82, 2.24) is 5.32 Å². The molecule has 0 atom stereocenters. The minimum atomic E-state index is 0.644. The third-order valence-electron chi connectivity index (χ3n) is 2.89. The zero-order valence-corrected chi connectivity index (χ0v) is 9.88. The van der Waals surface area contributed by atoms with E-state index in [1.807, 2.05) is 11.8 Å². The van der Waals surface area contributed by atoms with Crippen LogP contribution in [0.5, 0.6) is 0 Å². The average Bonchev–Trinajstić information content (AvgIpc) is 2.92. The zero-order valence-electron chi connectivity index (χ0n) is 9.07. The quantitative estimate of drug-likeness (QED) is 0.606. The second-order valence-corrected chi connectivity index (χ2v) is 5.40. The van der Waals surface area contributed by atoms with E-state index in [4.69, 9.17) is 0 Å². The van der Waals surface area contributed by atoms with E-state index in [1.165, 1.54) is 51.6 Å². The van der Waals surface area contributed by atoms with Gasteiger partial charge in [0.05, 0.1) is 0 Å². The van der Waals surface area contributed by atoms with E-state index >= 15 is 0 Å². The number of unbranched alkanes of at least 4 members (excludes halogenated alkanes) is 3. The minimum Gasteiger partial charge on any atom is -0.315 e. The summed E-state index contributed by atoms with van der Waals surface area (Å²) in [5, 5.41) is 3.58. The van der Waals surface area contributed by atoms with Crippen molar-refractivity contribution in [3.8, 4) is 0 Å². The van der Waals surface area contributed by atoms with Crippen molar-refractivity contribution in [3.05, 3.63) is 0 Å². The molecule has 2 heteroatoms. The van der Waals surface area contributed by atoms with E-state index in [0.717, 1.165) is 0 Å². The minimum absolute atomic E-state index is 0.644. The van der Waals surface area contributed by atoms with Gasteiger partial charge in [-0.3, -0.25) is 0 Å². The van der Waals surface area contributed by atoms with Crippen molar-refractivity contribution in [3.63, 3.8) is 0 Å². The molecule has 1 saturated carbocycles. The first-order chi connectivity index (χ1) is 6.33. The second-order valence-electron chi connectivity index (χ2n) is 4.12. The first-order valence-electron chi connectivity index (χ1n) is 5.59. The van der Waals surface area contributed by atoms with Crippen molar-refractivity contribution in [2.75, 3.05) is 19.3 Å². The fourth-order valence-corrected chi connectivity index (χ4v) is 2.34. The molecular formula is C11H23NS. The van der Waals surface area contributed by atoms with Gasteiger partial charge in [0.2, 0.25) is 0 Å². The second kappa shape index (κ2) is 5.92. The maximum absolute atomic E-state index is 3.58. The smallest absolute Gasteiger partial charge is 0.0282 e. The highest BCUT2D eigenvalue weighted by Gasteiger charge is 2.41. The van der Waals surface area contributed by atoms with Gasteiger partial charge in [0.25, 0.3) is 0 Å². The van der Waals surface area contributed by atoms with Crippen LogP contribution in [0, 0.1) is 0 Å². The van der Waals surface area contributed by atoms with Gasteiger partial charge < -0.3 is 5.32 Å². The fourth-order valence-electron chi connectivity index (χ4n) is 1.59. The summed E-state index contributed by atoms with van der Waals surface area (Å²) in [5.41, 5.74) is 0. The lowest BCUT2D eigenvalue weighted by Gasteiger charge is -2.12. The lowest BCUT2D eigenvalue weighted by atomic mass is 10.2. The lowest BCUT2D eigenvalue weighted by molar-refractivity contribution is 0.590. The van der Waals surface area contributed by atoms with Gasteiger partial charge in [-0.05, 0) is 32.1 Å². The predicted molar refractivity (Wildman–Crippen MR) is 62.5 cm³/mol. The number of hydrogen-bond acceptors (Lipinski definition) is 2. The van der Waals surface area contributed by atoms with Crippen LogP contribution in [0.1, 0.15) is 45.4 Å². The van der Waals surface area contributed by atoms with Crippen LogP contribution in [-0.2, 0) is 0 Å². The Bertz CT molecular complexity index is 132. The van der Waals surface area contributed by atoms with Crippen LogP contribution in [-0.4, -0.2) is 24.1 Å². The van der Waals surface area contributed by atoms with Crippen LogP contribution in [0.15, 0.2) is 0 Å². The molecule has 0 aliphatic heterocycles. The molecule has 0 heterocycles. The zero-order chi connectivity index (χ0) is 9.57. The molecule has 0 aromatic carbocycles. The first kappa shape index (κ1) is 11.4. The summed E-state index contributed by atoms with van der Waals surface area (Å²) in [6, 6.07) is 0. The van der Waals surface area contributed by atoms with Gasteiger partial charge >= 0.3 is 0 Å². The Morgan fingerprint density at radius 1 is 1.23 bits per heavy atom. The normalized spacial score (nSPS) is 18.9. The van der Waals surface area contributed by atoms with E-state index < -0.39 is 0 Å². The summed E-state index contributed by atoms with van der Waals surface area (Å²) in [7, 11) is 0. The maximum Gasteiger partial charge on any atom is 0.0282 e. The molecule has 78 valence electrons. The molecule has 1 aliphatic carbocycles. The van der Waals surface area contributed by atoms with Crippen LogP contribution in [0.2, 0.25) is 0 Å². The molecule has 1 N–H and O–H groups in total. The Balaban J connectivity index is 1.84. The van der Waals surface area contributed by atoms with Crippen molar-refractivity contribution in [2.45, 2.75) is 50.2 Å². The van der Waals surface area contributed by atoms with E-state index in [2.05, 4.69) is 18.5 Å². The number of thioether (sulfide) groups is 1. The highest BCUT2D eigenvalue weighted by Crippen LogP contribution is 2.46. The molecule has 0 spiro atoms. The highest BCUT2D eigenvalue weighted by atomic mass is 32.2. The van der Waals surface area contributed by atoms with Crippen LogP contribution in [0.25, 0.3) is 0 Å². The molecule has 0 radical (unpaired) electrons. The van der Waals surface area contributed by atoms with Crippen molar-refractivity contribution in [2.24, 2.45) is 0 Å². The van der Waals surface area contributed by atoms with Gasteiger partial charge in [-0.1, -0.05) is 26.2 Å². The molecule has 1 aliphatic rings. The highest BCUT2D eigenvalue weighted by molar-refractivity contribution is 8.00. The molecule has 0 aromatic heterocycles. The standard InChI is InChI=1S/C11H23NS/c1-3-4-5-6-9-12-10-11(13-2)7-8-11/h12H,3-10H2,1-2H3. The van der Waals surface area contributed by atoms with Crippen molar-refractivity contribution in [1.29, 1.82) is 0 Å². The predicted octanol–water partition coefficient (Wildman–Crippen LogP) is 3.05. The molecule has 1 nitrogen and oxygen atoms in total. The summed E-state index contributed by atoms with van der Waals surface area (Å²) >= 11 is 2.04. The van der Waals surface area contributed by atoms with Gasteiger partial charge in [-0.15, -0.1) is 0 Å². The first-order valence-corrected chi connectivity index (χ1v) is 6.81. The van der Waals surface area contributed by atoms with Crippen LogP contribution < -0.4 is 5.32 Å². The molecule has 0 amide bonds. The van der Waals surface area contributed by atoms with Gasteiger partial charge in [0, 0.05) is 11.3 Å². The number of rotatable bonds is 8. The summed E-state index contributed by atoms with van der Waals surface area (Å²) in [6.07, 6.45) is 10.6. The molecule has 1 rings (SSSR count). The number of nitrogens with one attached hydrogen (secondary N) is 1. The summed E-state index contributed by atoms with van der Waals surface area (Å²) in [4.78, 5) is 0. The van der Waals surface area contributed by atoms with E-state index in [-0.39, 0.29) is 0 Å². The monoisotopic (exact) mass is 201 g/mol. The van der Waals surface area contributed by atoms with Crippen molar-refractivity contribution >= 4 is 11.8 Å². The maximum atomic E-state index is 3.58. The molecule has 1 fully saturated rings. The SMILES string of the molecule is CCCCCCNCC1(SC)CC1. The Hall–Kier alpha value is 0.310. The molecule has 0 bridgehead atoms. The third kappa shape index (κ3) is 4.37. The lowest BCUT2D eigenvalue weighted by Crippen LogP contribution is -2.26. The molecule has 0 aromatic rings. The van der Waals surface area contributed by atoms with E-state index in [0.29, 0.717) is 4.75 Å².